The molecule has 2 nitrogen and oxygen atoms in total. The van der Waals surface area contributed by atoms with Crippen molar-refractivity contribution in [2.45, 2.75) is 13.3 Å². The number of aromatic nitrogens is 2. The molecule has 0 amide bonds. The Morgan fingerprint density at radius 2 is 2.33 bits per heavy atom. The summed E-state index contributed by atoms with van der Waals surface area (Å²) in [5.41, 5.74) is 4.00. The van der Waals surface area contributed by atoms with Crippen molar-refractivity contribution in [3.8, 4) is 10.7 Å². The molecule has 0 aliphatic heterocycles. The number of aryl methyl sites for hydroxylation is 1. The SMILES string of the molecule is CCc1csc(-c2cscn2)n1. The number of hydrogen-bond donors (Lipinski definition) is 0. The van der Waals surface area contributed by atoms with Gasteiger partial charge in [0.05, 0.1) is 11.2 Å². The van der Waals surface area contributed by atoms with Crippen molar-refractivity contribution in [3.63, 3.8) is 0 Å². The molecule has 2 heterocycles. The fourth-order valence-electron chi connectivity index (χ4n) is 0.905. The number of rotatable bonds is 2. The summed E-state index contributed by atoms with van der Waals surface area (Å²) in [7, 11) is 0. The van der Waals surface area contributed by atoms with E-state index >= 15 is 0 Å². The molecular formula is C8H8N2S2. The monoisotopic (exact) mass is 196 g/mol. The molecule has 2 rings (SSSR count). The Hall–Kier alpha value is -0.740. The number of nitrogens with zero attached hydrogens (tertiary/aromatic N) is 2. The van der Waals surface area contributed by atoms with Crippen molar-refractivity contribution in [2.24, 2.45) is 0 Å². The second-order valence-electron chi connectivity index (χ2n) is 2.37. The maximum atomic E-state index is 4.43. The second-order valence-corrected chi connectivity index (χ2v) is 3.95. The third-order valence-electron chi connectivity index (χ3n) is 1.57. The normalized spacial score (nSPS) is 10.4. The van der Waals surface area contributed by atoms with Gasteiger partial charge in [-0.05, 0) is 6.42 Å². The molecule has 62 valence electrons. The molecular weight excluding hydrogens is 188 g/mol. The first-order valence-electron chi connectivity index (χ1n) is 3.73. The standard InChI is InChI=1S/C8H8N2S2/c1-2-6-3-12-8(10-6)7-4-11-5-9-7/h3-5H,2H2,1H3. The highest BCUT2D eigenvalue weighted by atomic mass is 32.1. The van der Waals surface area contributed by atoms with Crippen molar-refractivity contribution in [3.05, 3.63) is 22.0 Å². The molecule has 0 spiro atoms. The van der Waals surface area contributed by atoms with Crippen LogP contribution in [0.1, 0.15) is 12.6 Å². The lowest BCUT2D eigenvalue weighted by molar-refractivity contribution is 1.06. The van der Waals surface area contributed by atoms with Gasteiger partial charge in [-0.1, -0.05) is 6.92 Å². The van der Waals surface area contributed by atoms with Crippen LogP contribution in [0.3, 0.4) is 0 Å². The van der Waals surface area contributed by atoms with Gasteiger partial charge in [-0.3, -0.25) is 0 Å². The second kappa shape index (κ2) is 3.33. The molecule has 0 N–H and O–H groups in total. The first kappa shape index (κ1) is 7.89. The van der Waals surface area contributed by atoms with Gasteiger partial charge in [-0.2, -0.15) is 0 Å². The van der Waals surface area contributed by atoms with Crippen LogP contribution in [0.5, 0.6) is 0 Å². The zero-order valence-corrected chi connectivity index (χ0v) is 8.28. The highest BCUT2D eigenvalue weighted by Gasteiger charge is 2.04. The Bertz CT molecular complexity index is 351. The summed E-state index contributed by atoms with van der Waals surface area (Å²) >= 11 is 3.27. The summed E-state index contributed by atoms with van der Waals surface area (Å²) in [6.45, 7) is 2.11. The van der Waals surface area contributed by atoms with Crippen LogP contribution in [0.4, 0.5) is 0 Å². The molecule has 4 heteroatoms. The number of thiazole rings is 2. The fraction of sp³-hybridized carbons (Fsp3) is 0.250. The Morgan fingerprint density at radius 1 is 1.42 bits per heavy atom. The van der Waals surface area contributed by atoms with Crippen LogP contribution < -0.4 is 0 Å². The zero-order chi connectivity index (χ0) is 8.39. The van der Waals surface area contributed by atoms with Gasteiger partial charge in [0.15, 0.2) is 0 Å². The number of hydrogen-bond acceptors (Lipinski definition) is 4. The van der Waals surface area contributed by atoms with Gasteiger partial charge in [0.25, 0.3) is 0 Å². The lowest BCUT2D eigenvalue weighted by Gasteiger charge is -1.85. The molecule has 0 aliphatic carbocycles. The average molecular weight is 196 g/mol. The molecule has 2 aromatic heterocycles. The maximum Gasteiger partial charge on any atom is 0.142 e. The third-order valence-corrected chi connectivity index (χ3v) is 3.07. The molecule has 0 radical (unpaired) electrons. The minimum atomic E-state index is 1.00. The lowest BCUT2D eigenvalue weighted by atomic mass is 10.4. The Morgan fingerprint density at radius 3 is 2.92 bits per heavy atom. The van der Waals surface area contributed by atoms with Gasteiger partial charge < -0.3 is 0 Å². The van der Waals surface area contributed by atoms with Gasteiger partial charge in [0, 0.05) is 10.8 Å². The predicted octanol–water partition coefficient (Wildman–Crippen LogP) is 2.83. The molecule has 0 unspecified atom stereocenters. The van der Waals surface area contributed by atoms with Crippen molar-refractivity contribution in [1.82, 2.24) is 9.97 Å². The van der Waals surface area contributed by atoms with Crippen molar-refractivity contribution >= 4 is 22.7 Å². The summed E-state index contributed by atoms with van der Waals surface area (Å²) in [5.74, 6) is 0. The molecule has 0 fully saturated rings. The van der Waals surface area contributed by atoms with Crippen molar-refractivity contribution in [2.75, 3.05) is 0 Å². The van der Waals surface area contributed by atoms with Crippen molar-refractivity contribution < 1.29 is 0 Å². The Balaban J connectivity index is 2.35. The van der Waals surface area contributed by atoms with E-state index in [1.807, 2.05) is 10.9 Å². The summed E-state index contributed by atoms with van der Waals surface area (Å²) in [5, 5.41) is 5.15. The van der Waals surface area contributed by atoms with Gasteiger partial charge in [-0.15, -0.1) is 22.7 Å². The van der Waals surface area contributed by atoms with Crippen LogP contribution in [-0.2, 0) is 6.42 Å². The molecule has 0 saturated carbocycles. The first-order valence-corrected chi connectivity index (χ1v) is 5.55. The van der Waals surface area contributed by atoms with Crippen LogP contribution in [0.2, 0.25) is 0 Å². The minimum Gasteiger partial charge on any atom is -0.242 e. The topological polar surface area (TPSA) is 25.8 Å². The molecule has 0 saturated heterocycles. The van der Waals surface area contributed by atoms with Crippen molar-refractivity contribution in [1.29, 1.82) is 0 Å². The zero-order valence-electron chi connectivity index (χ0n) is 6.65. The maximum absolute atomic E-state index is 4.43. The van der Waals surface area contributed by atoms with E-state index in [9.17, 15) is 0 Å². The summed E-state index contributed by atoms with van der Waals surface area (Å²) in [6.07, 6.45) is 1.00. The summed E-state index contributed by atoms with van der Waals surface area (Å²) in [4.78, 5) is 8.63. The minimum absolute atomic E-state index is 1.00. The van der Waals surface area contributed by atoms with E-state index in [0.717, 1.165) is 22.8 Å². The largest absolute Gasteiger partial charge is 0.242 e. The predicted molar refractivity (Wildman–Crippen MR) is 52.6 cm³/mol. The summed E-state index contributed by atoms with van der Waals surface area (Å²) in [6, 6.07) is 0. The highest BCUT2D eigenvalue weighted by molar-refractivity contribution is 7.13. The van der Waals surface area contributed by atoms with Crippen LogP contribution in [0.25, 0.3) is 10.7 Å². The van der Waals surface area contributed by atoms with Gasteiger partial charge >= 0.3 is 0 Å². The average Bonchev–Trinajstić information content (AvgIpc) is 2.75. The molecule has 0 bridgehead atoms. The van der Waals surface area contributed by atoms with Gasteiger partial charge in [0.1, 0.15) is 10.7 Å². The van der Waals surface area contributed by atoms with E-state index in [-0.39, 0.29) is 0 Å². The Kier molecular flexibility index (Phi) is 2.19. The van der Waals surface area contributed by atoms with Gasteiger partial charge in [0.2, 0.25) is 0 Å². The molecule has 2 aromatic rings. The highest BCUT2D eigenvalue weighted by Crippen LogP contribution is 2.23. The molecule has 0 aromatic carbocycles. The molecule has 0 atom stereocenters. The fourth-order valence-corrected chi connectivity index (χ4v) is 2.39. The van der Waals surface area contributed by atoms with E-state index in [2.05, 4.69) is 22.3 Å². The van der Waals surface area contributed by atoms with E-state index in [0.29, 0.717) is 0 Å². The van der Waals surface area contributed by atoms with E-state index in [1.165, 1.54) is 0 Å². The quantitative estimate of drug-likeness (QED) is 0.738. The van der Waals surface area contributed by atoms with E-state index < -0.39 is 0 Å². The van der Waals surface area contributed by atoms with Crippen LogP contribution in [0.15, 0.2) is 16.3 Å². The third kappa shape index (κ3) is 1.40. The van der Waals surface area contributed by atoms with Gasteiger partial charge in [-0.25, -0.2) is 9.97 Å². The van der Waals surface area contributed by atoms with E-state index in [1.54, 1.807) is 22.7 Å². The lowest BCUT2D eigenvalue weighted by Crippen LogP contribution is -1.79. The van der Waals surface area contributed by atoms with Crippen LogP contribution in [0, 0.1) is 0 Å². The summed E-state index contributed by atoms with van der Waals surface area (Å²) < 4.78 is 0. The first-order chi connectivity index (χ1) is 5.90. The van der Waals surface area contributed by atoms with Crippen LogP contribution >= 0.6 is 22.7 Å². The molecule has 12 heavy (non-hydrogen) atoms. The van der Waals surface area contributed by atoms with E-state index in [4.69, 9.17) is 0 Å². The molecule has 0 aliphatic rings. The Labute approximate surface area is 78.9 Å². The smallest absolute Gasteiger partial charge is 0.142 e. The van der Waals surface area contributed by atoms with Crippen LogP contribution in [-0.4, -0.2) is 9.97 Å².